The van der Waals surface area contributed by atoms with Gasteiger partial charge in [0.2, 0.25) is 5.91 Å². The molecule has 0 bridgehead atoms. The molecule has 2 amide bonds. The van der Waals surface area contributed by atoms with Crippen molar-refractivity contribution in [3.05, 3.63) is 42.0 Å². The highest BCUT2D eigenvalue weighted by Gasteiger charge is 2.33. The van der Waals surface area contributed by atoms with Crippen LogP contribution >= 0.6 is 0 Å². The highest BCUT2D eigenvalue weighted by molar-refractivity contribution is 6.03. The Morgan fingerprint density at radius 2 is 1.91 bits per heavy atom. The third-order valence-corrected chi connectivity index (χ3v) is 4.34. The molecule has 3 rings (SSSR count). The molecule has 5 heteroatoms. The Labute approximate surface area is 128 Å². The summed E-state index contributed by atoms with van der Waals surface area (Å²) in [5.41, 5.74) is 5.58. The number of fused-ring (bicyclic) bond motifs is 1. The molecule has 2 aromatic rings. The first-order valence-electron chi connectivity index (χ1n) is 7.39. The second kappa shape index (κ2) is 5.67. The van der Waals surface area contributed by atoms with E-state index in [4.69, 9.17) is 5.73 Å². The lowest BCUT2D eigenvalue weighted by Gasteiger charge is -2.19. The van der Waals surface area contributed by atoms with E-state index in [2.05, 4.69) is 5.32 Å². The van der Waals surface area contributed by atoms with Crippen LogP contribution in [0.3, 0.4) is 0 Å². The molecule has 2 aromatic carbocycles. The first-order chi connectivity index (χ1) is 10.6. The fraction of sp³-hybridized carbons (Fsp3) is 0.294. The number of benzene rings is 2. The molecule has 0 radical (unpaired) electrons. The lowest BCUT2D eigenvalue weighted by atomic mass is 10.0. The number of nitrogens with two attached hydrogens (primary N) is 1. The van der Waals surface area contributed by atoms with E-state index in [1.165, 1.54) is 0 Å². The number of nitrogens with one attached hydrogen (secondary N) is 1. The number of rotatable bonds is 3. The van der Waals surface area contributed by atoms with Gasteiger partial charge in [-0.05, 0) is 24.3 Å². The predicted octanol–water partition coefficient (Wildman–Crippen LogP) is 1.93. The van der Waals surface area contributed by atoms with Crippen LogP contribution < -0.4 is 11.1 Å². The van der Waals surface area contributed by atoms with Crippen molar-refractivity contribution < 1.29 is 14.7 Å². The first-order valence-corrected chi connectivity index (χ1v) is 7.39. The minimum Gasteiger partial charge on any atom is -0.506 e. The Bertz CT molecular complexity index is 742. The van der Waals surface area contributed by atoms with Crippen LogP contribution in [0, 0.1) is 5.92 Å². The van der Waals surface area contributed by atoms with Gasteiger partial charge in [0.05, 0.1) is 11.5 Å². The standard InChI is InChI=1S/C17H18N2O3/c18-16(21)12-6-3-7-14(12)19-17(22)13-9-8-10-4-1-2-5-11(10)15(13)20/h1-2,4-5,8-9,12,14,20H,3,6-7H2,(H2,18,21)(H,19,22)/t12-,14+/m0/s1. The molecule has 0 aromatic heterocycles. The molecule has 0 saturated heterocycles. The molecule has 1 aliphatic carbocycles. The maximum absolute atomic E-state index is 12.4. The maximum Gasteiger partial charge on any atom is 0.255 e. The number of hydrogen-bond acceptors (Lipinski definition) is 3. The molecule has 1 aliphatic rings. The van der Waals surface area contributed by atoms with E-state index in [-0.39, 0.29) is 35.1 Å². The van der Waals surface area contributed by atoms with Gasteiger partial charge in [-0.25, -0.2) is 0 Å². The second-order valence-corrected chi connectivity index (χ2v) is 5.70. The highest BCUT2D eigenvalue weighted by Crippen LogP contribution is 2.30. The zero-order valence-electron chi connectivity index (χ0n) is 12.1. The molecule has 0 spiro atoms. The molecule has 114 valence electrons. The Hall–Kier alpha value is -2.56. The molecule has 1 fully saturated rings. The van der Waals surface area contributed by atoms with Crippen LogP contribution in [0.2, 0.25) is 0 Å². The lowest BCUT2D eigenvalue weighted by molar-refractivity contribution is -0.122. The number of hydrogen-bond donors (Lipinski definition) is 3. The summed E-state index contributed by atoms with van der Waals surface area (Å²) in [6.07, 6.45) is 2.29. The summed E-state index contributed by atoms with van der Waals surface area (Å²) in [6.45, 7) is 0. The summed E-state index contributed by atoms with van der Waals surface area (Å²) in [5.74, 6) is -1.12. The van der Waals surface area contributed by atoms with Crippen LogP contribution in [-0.4, -0.2) is 23.0 Å². The van der Waals surface area contributed by atoms with Crippen LogP contribution in [-0.2, 0) is 4.79 Å². The van der Waals surface area contributed by atoms with E-state index in [1.54, 1.807) is 18.2 Å². The van der Waals surface area contributed by atoms with Crippen molar-refractivity contribution in [2.75, 3.05) is 0 Å². The highest BCUT2D eigenvalue weighted by atomic mass is 16.3. The van der Waals surface area contributed by atoms with Crippen molar-refractivity contribution in [2.45, 2.75) is 25.3 Å². The van der Waals surface area contributed by atoms with Crippen LogP contribution in [0.1, 0.15) is 29.6 Å². The van der Waals surface area contributed by atoms with Gasteiger partial charge >= 0.3 is 0 Å². The Morgan fingerprint density at radius 1 is 1.14 bits per heavy atom. The van der Waals surface area contributed by atoms with E-state index in [0.717, 1.165) is 18.2 Å². The molecule has 1 saturated carbocycles. The quantitative estimate of drug-likeness (QED) is 0.808. The smallest absolute Gasteiger partial charge is 0.255 e. The van der Waals surface area contributed by atoms with Gasteiger partial charge in [-0.15, -0.1) is 0 Å². The minimum atomic E-state index is -0.384. The van der Waals surface area contributed by atoms with Gasteiger partial charge in [0.25, 0.3) is 5.91 Å². The summed E-state index contributed by atoms with van der Waals surface area (Å²) < 4.78 is 0. The van der Waals surface area contributed by atoms with Crippen LogP contribution in [0.4, 0.5) is 0 Å². The molecular formula is C17H18N2O3. The molecule has 0 heterocycles. The van der Waals surface area contributed by atoms with E-state index >= 15 is 0 Å². The zero-order chi connectivity index (χ0) is 15.7. The van der Waals surface area contributed by atoms with E-state index < -0.39 is 0 Å². The van der Waals surface area contributed by atoms with Gasteiger partial charge in [-0.1, -0.05) is 36.8 Å². The SMILES string of the molecule is NC(=O)[C@H]1CCC[C@H]1NC(=O)c1ccc2ccccc2c1O. The largest absolute Gasteiger partial charge is 0.506 e. The first kappa shape index (κ1) is 14.4. The topological polar surface area (TPSA) is 92.4 Å². The molecule has 4 N–H and O–H groups in total. The summed E-state index contributed by atoms with van der Waals surface area (Å²) >= 11 is 0. The van der Waals surface area contributed by atoms with E-state index in [9.17, 15) is 14.7 Å². The summed E-state index contributed by atoms with van der Waals surface area (Å²) in [7, 11) is 0. The number of aromatic hydroxyl groups is 1. The van der Waals surface area contributed by atoms with Crippen molar-refractivity contribution in [1.29, 1.82) is 0 Å². The Balaban J connectivity index is 1.86. The molecule has 0 aliphatic heterocycles. The van der Waals surface area contributed by atoms with Crippen molar-refractivity contribution in [3.8, 4) is 5.75 Å². The number of amides is 2. The summed E-state index contributed by atoms with van der Waals surface area (Å²) in [4.78, 5) is 23.8. The van der Waals surface area contributed by atoms with Crippen molar-refractivity contribution in [3.63, 3.8) is 0 Å². The zero-order valence-corrected chi connectivity index (χ0v) is 12.1. The normalized spacial score (nSPS) is 20.9. The van der Waals surface area contributed by atoms with E-state index in [1.807, 2.05) is 18.2 Å². The average molecular weight is 298 g/mol. The lowest BCUT2D eigenvalue weighted by Crippen LogP contribution is -2.42. The van der Waals surface area contributed by atoms with Crippen LogP contribution in [0.15, 0.2) is 36.4 Å². The van der Waals surface area contributed by atoms with Gasteiger partial charge in [-0.3, -0.25) is 9.59 Å². The van der Waals surface area contributed by atoms with Gasteiger partial charge in [0.15, 0.2) is 0 Å². The maximum atomic E-state index is 12.4. The third-order valence-electron chi connectivity index (χ3n) is 4.34. The second-order valence-electron chi connectivity index (χ2n) is 5.70. The fourth-order valence-electron chi connectivity index (χ4n) is 3.16. The van der Waals surface area contributed by atoms with Crippen molar-refractivity contribution in [2.24, 2.45) is 11.7 Å². The molecule has 22 heavy (non-hydrogen) atoms. The number of primary amides is 1. The van der Waals surface area contributed by atoms with Crippen molar-refractivity contribution in [1.82, 2.24) is 5.32 Å². The molecule has 5 nitrogen and oxygen atoms in total. The van der Waals surface area contributed by atoms with Gasteiger partial charge < -0.3 is 16.2 Å². The van der Waals surface area contributed by atoms with Crippen molar-refractivity contribution >= 4 is 22.6 Å². The summed E-state index contributed by atoms with van der Waals surface area (Å²) in [6, 6.07) is 10.5. The fourth-order valence-corrected chi connectivity index (χ4v) is 3.16. The van der Waals surface area contributed by atoms with Crippen LogP contribution in [0.5, 0.6) is 5.75 Å². The Kier molecular flexibility index (Phi) is 3.71. The monoisotopic (exact) mass is 298 g/mol. The average Bonchev–Trinajstić information content (AvgIpc) is 2.96. The van der Waals surface area contributed by atoms with Gasteiger partial charge in [0.1, 0.15) is 5.75 Å². The molecular weight excluding hydrogens is 280 g/mol. The third kappa shape index (κ3) is 2.50. The number of phenols is 1. The van der Waals surface area contributed by atoms with Crippen LogP contribution in [0.25, 0.3) is 10.8 Å². The predicted molar refractivity (Wildman–Crippen MR) is 83.4 cm³/mol. The Morgan fingerprint density at radius 3 is 2.68 bits per heavy atom. The van der Waals surface area contributed by atoms with Gasteiger partial charge in [-0.2, -0.15) is 0 Å². The van der Waals surface area contributed by atoms with Gasteiger partial charge in [0, 0.05) is 11.4 Å². The summed E-state index contributed by atoms with van der Waals surface area (Å²) in [5, 5.41) is 14.6. The minimum absolute atomic E-state index is 0.0378. The number of phenolic OH excluding ortho intramolecular Hbond substituents is 1. The van der Waals surface area contributed by atoms with E-state index in [0.29, 0.717) is 11.8 Å². The molecule has 0 unspecified atom stereocenters. The number of carbonyl (C=O) groups excluding carboxylic acids is 2. The number of carbonyl (C=O) groups is 2. The molecule has 2 atom stereocenters.